The zero-order valence-corrected chi connectivity index (χ0v) is 14.4. The molecule has 112 valence electrons. The van der Waals surface area contributed by atoms with Crippen molar-refractivity contribution in [2.24, 2.45) is 0 Å². The number of rotatable bonds is 3. The molecule has 3 rings (SSSR count). The van der Waals surface area contributed by atoms with Gasteiger partial charge in [-0.25, -0.2) is 4.39 Å². The number of aliphatic hydroxyl groups excluding tert-OH is 1. The molecule has 0 amide bonds. The summed E-state index contributed by atoms with van der Waals surface area (Å²) in [5, 5.41) is 13.7. The van der Waals surface area contributed by atoms with Gasteiger partial charge >= 0.3 is 0 Å². The Bertz CT molecular complexity index is 833. The van der Waals surface area contributed by atoms with Crippen LogP contribution < -0.4 is 0 Å². The summed E-state index contributed by atoms with van der Waals surface area (Å²) in [6, 6.07) is 12.0. The quantitative estimate of drug-likeness (QED) is 0.628. The first-order chi connectivity index (χ1) is 10.6. The van der Waals surface area contributed by atoms with Gasteiger partial charge in [-0.3, -0.25) is 0 Å². The molecule has 3 aromatic rings. The second kappa shape index (κ2) is 6.32. The Hall–Kier alpha value is -1.50. The highest BCUT2D eigenvalue weighted by molar-refractivity contribution is 9.10. The Balaban J connectivity index is 2.17. The van der Waals surface area contributed by atoms with E-state index in [0.29, 0.717) is 15.7 Å². The second-order valence-electron chi connectivity index (χ2n) is 4.63. The van der Waals surface area contributed by atoms with E-state index in [2.05, 4.69) is 37.0 Å². The third-order valence-electron chi connectivity index (χ3n) is 3.22. The Morgan fingerprint density at radius 3 is 2.59 bits per heavy atom. The van der Waals surface area contributed by atoms with E-state index >= 15 is 0 Å². The van der Waals surface area contributed by atoms with Crippen LogP contribution in [0.1, 0.15) is 5.56 Å². The van der Waals surface area contributed by atoms with Crippen LogP contribution in [0.25, 0.3) is 22.6 Å². The van der Waals surface area contributed by atoms with Gasteiger partial charge in [0.2, 0.25) is 0 Å². The number of halogens is 3. The minimum atomic E-state index is -0.435. The van der Waals surface area contributed by atoms with Crippen LogP contribution in [0.5, 0.6) is 0 Å². The first-order valence-electron chi connectivity index (χ1n) is 6.41. The molecule has 0 unspecified atom stereocenters. The summed E-state index contributed by atoms with van der Waals surface area (Å²) in [6.07, 6.45) is 0. The third kappa shape index (κ3) is 2.86. The summed E-state index contributed by atoms with van der Waals surface area (Å²) in [6.45, 7) is -0.299. The predicted octanol–water partition coefficient (Wildman–Crippen LogP) is 5.17. The van der Waals surface area contributed by atoms with Crippen molar-refractivity contribution in [3.05, 3.63) is 62.8 Å². The smallest absolute Gasteiger partial charge is 0.175 e. The molecule has 0 aliphatic rings. The lowest BCUT2D eigenvalue weighted by atomic mass is 10.0. The molecule has 0 saturated heterocycles. The summed E-state index contributed by atoms with van der Waals surface area (Å²) in [5.41, 5.74) is 1.99. The van der Waals surface area contributed by atoms with Crippen LogP contribution in [0.4, 0.5) is 4.39 Å². The first-order valence-corrected chi connectivity index (χ1v) is 7.99. The molecule has 0 aliphatic heterocycles. The maximum absolute atomic E-state index is 14.0. The van der Waals surface area contributed by atoms with Crippen LogP contribution in [0.15, 0.2) is 55.9 Å². The van der Waals surface area contributed by atoms with Gasteiger partial charge in [0.05, 0.1) is 17.7 Å². The molecule has 1 aromatic heterocycles. The second-order valence-corrected chi connectivity index (χ2v) is 6.46. The number of benzene rings is 2. The summed E-state index contributed by atoms with van der Waals surface area (Å²) in [7, 11) is 0. The van der Waals surface area contributed by atoms with Crippen molar-refractivity contribution in [3.63, 3.8) is 0 Å². The molecule has 6 heteroatoms. The minimum Gasteiger partial charge on any atom is -0.391 e. The molecule has 0 spiro atoms. The van der Waals surface area contributed by atoms with Gasteiger partial charge in [0.1, 0.15) is 11.5 Å². The highest BCUT2D eigenvalue weighted by atomic mass is 79.9. The monoisotopic (exact) mass is 425 g/mol. The van der Waals surface area contributed by atoms with E-state index in [4.69, 9.17) is 4.52 Å². The molecule has 0 fully saturated rings. The van der Waals surface area contributed by atoms with Gasteiger partial charge in [-0.15, -0.1) is 0 Å². The van der Waals surface area contributed by atoms with Gasteiger partial charge in [-0.2, -0.15) is 0 Å². The maximum Gasteiger partial charge on any atom is 0.175 e. The summed E-state index contributed by atoms with van der Waals surface area (Å²) in [5.74, 6) is -0.203. The van der Waals surface area contributed by atoms with Crippen LogP contribution in [0.2, 0.25) is 0 Å². The summed E-state index contributed by atoms with van der Waals surface area (Å²) < 4.78 is 21.0. The standard InChI is InChI=1S/C16H10Br2FNO2/c17-10-3-1-2-9(6-10)15-13(8-21)16(22-20-15)12-7-11(18)4-5-14(12)19/h1-7,21H,8H2. The van der Waals surface area contributed by atoms with Crippen LogP contribution >= 0.6 is 31.9 Å². The van der Waals surface area contributed by atoms with Crippen LogP contribution in [0, 0.1) is 5.82 Å². The normalized spacial score (nSPS) is 10.9. The molecule has 0 radical (unpaired) electrons. The Morgan fingerprint density at radius 1 is 1.09 bits per heavy atom. The molecule has 1 N–H and O–H groups in total. The van der Waals surface area contributed by atoms with Gasteiger partial charge in [-0.05, 0) is 30.3 Å². The number of aliphatic hydroxyl groups is 1. The predicted molar refractivity (Wildman–Crippen MR) is 88.7 cm³/mol. The van der Waals surface area contributed by atoms with Crippen LogP contribution in [-0.4, -0.2) is 10.3 Å². The lowest BCUT2D eigenvalue weighted by Gasteiger charge is -2.03. The number of aromatic nitrogens is 1. The fourth-order valence-electron chi connectivity index (χ4n) is 2.20. The van der Waals surface area contributed by atoms with E-state index in [1.54, 1.807) is 12.1 Å². The molecule has 0 saturated carbocycles. The van der Waals surface area contributed by atoms with E-state index in [1.807, 2.05) is 24.3 Å². The van der Waals surface area contributed by atoms with Crippen molar-refractivity contribution >= 4 is 31.9 Å². The molecule has 22 heavy (non-hydrogen) atoms. The fraction of sp³-hybridized carbons (Fsp3) is 0.0625. The third-order valence-corrected chi connectivity index (χ3v) is 4.20. The van der Waals surface area contributed by atoms with Gasteiger partial charge in [0.25, 0.3) is 0 Å². The fourth-order valence-corrected chi connectivity index (χ4v) is 2.96. The average molecular weight is 427 g/mol. The van der Waals surface area contributed by atoms with E-state index in [0.717, 1.165) is 10.0 Å². The molecule has 3 nitrogen and oxygen atoms in total. The van der Waals surface area contributed by atoms with Crippen LogP contribution in [-0.2, 0) is 6.61 Å². The van der Waals surface area contributed by atoms with E-state index < -0.39 is 5.82 Å². The Morgan fingerprint density at radius 2 is 1.86 bits per heavy atom. The first kappa shape index (κ1) is 15.4. The lowest BCUT2D eigenvalue weighted by Crippen LogP contribution is -1.91. The van der Waals surface area contributed by atoms with Crippen molar-refractivity contribution in [1.29, 1.82) is 0 Å². The summed E-state index contributed by atoms with van der Waals surface area (Å²) >= 11 is 6.70. The van der Waals surface area contributed by atoms with Gasteiger partial charge in [-0.1, -0.05) is 49.1 Å². The molecular formula is C16H10Br2FNO2. The van der Waals surface area contributed by atoms with Gasteiger partial charge in [0, 0.05) is 14.5 Å². The summed E-state index contributed by atoms with van der Waals surface area (Å²) in [4.78, 5) is 0. The van der Waals surface area contributed by atoms with Crippen molar-refractivity contribution < 1.29 is 14.0 Å². The number of hydrogen-bond acceptors (Lipinski definition) is 3. The zero-order chi connectivity index (χ0) is 15.7. The Kier molecular flexibility index (Phi) is 4.42. The van der Waals surface area contributed by atoms with Gasteiger partial charge < -0.3 is 9.63 Å². The van der Waals surface area contributed by atoms with Crippen LogP contribution in [0.3, 0.4) is 0 Å². The van der Waals surface area contributed by atoms with Crippen molar-refractivity contribution in [3.8, 4) is 22.6 Å². The highest BCUT2D eigenvalue weighted by Gasteiger charge is 2.21. The van der Waals surface area contributed by atoms with Crippen molar-refractivity contribution in [1.82, 2.24) is 5.16 Å². The highest BCUT2D eigenvalue weighted by Crippen LogP contribution is 2.35. The molecule has 0 aliphatic carbocycles. The lowest BCUT2D eigenvalue weighted by molar-refractivity contribution is 0.281. The molecule has 1 heterocycles. The van der Waals surface area contributed by atoms with E-state index in [-0.39, 0.29) is 17.9 Å². The molecule has 0 atom stereocenters. The number of hydrogen-bond donors (Lipinski definition) is 1. The SMILES string of the molecule is OCc1c(-c2cccc(Br)c2)noc1-c1cc(Br)ccc1F. The molecule has 0 bridgehead atoms. The maximum atomic E-state index is 14.0. The number of nitrogens with zero attached hydrogens (tertiary/aromatic N) is 1. The topological polar surface area (TPSA) is 46.3 Å². The van der Waals surface area contributed by atoms with Gasteiger partial charge in [0.15, 0.2) is 5.76 Å². The Labute approximate surface area is 143 Å². The zero-order valence-electron chi connectivity index (χ0n) is 11.2. The van der Waals surface area contributed by atoms with Crippen molar-refractivity contribution in [2.75, 3.05) is 0 Å². The average Bonchev–Trinajstić information content (AvgIpc) is 2.93. The van der Waals surface area contributed by atoms with E-state index in [1.165, 1.54) is 6.07 Å². The molecular weight excluding hydrogens is 417 g/mol. The molecule has 2 aromatic carbocycles. The minimum absolute atomic E-state index is 0.233. The van der Waals surface area contributed by atoms with Crippen molar-refractivity contribution in [2.45, 2.75) is 6.61 Å². The van der Waals surface area contributed by atoms with E-state index in [9.17, 15) is 9.50 Å². The largest absolute Gasteiger partial charge is 0.391 e.